The van der Waals surface area contributed by atoms with Gasteiger partial charge in [0.15, 0.2) is 12.6 Å². The van der Waals surface area contributed by atoms with Crippen molar-refractivity contribution >= 4 is 5.91 Å². The Morgan fingerprint density at radius 2 is 1.13 bits per heavy atom. The van der Waals surface area contributed by atoms with Crippen molar-refractivity contribution in [3.05, 3.63) is 72.9 Å². The molecule has 12 unspecified atom stereocenters. The van der Waals surface area contributed by atoms with E-state index in [0.29, 0.717) is 12.8 Å². The quantitative estimate of drug-likeness (QED) is 0.0317. The van der Waals surface area contributed by atoms with Crippen molar-refractivity contribution in [3.8, 4) is 0 Å². The minimum atomic E-state index is -1.80. The van der Waals surface area contributed by atoms with E-state index in [9.17, 15) is 45.6 Å². The van der Waals surface area contributed by atoms with Gasteiger partial charge in [0, 0.05) is 6.42 Å². The molecule has 14 heteroatoms. The molecular weight excluding hydrogens is 799 g/mol. The molecule has 0 radical (unpaired) electrons. The SMILES string of the molecule is CC/C=C\C/C=C\C/C=C\CCCCCC(=O)NC(COC1OC(CO)C(OC2OC(CO)C(O)C(O)C2O)C(O)C1O)C(O)/C=C/CC/C=C/CC/C=C/CCCCCCC. The first-order valence-corrected chi connectivity index (χ1v) is 23.2. The second-order valence-electron chi connectivity index (χ2n) is 16.1. The number of amides is 1. The van der Waals surface area contributed by atoms with Crippen molar-refractivity contribution in [2.45, 2.75) is 203 Å². The highest BCUT2D eigenvalue weighted by Gasteiger charge is 2.50. The van der Waals surface area contributed by atoms with E-state index < -0.39 is 86.8 Å². The number of aliphatic hydroxyl groups excluding tert-OH is 8. The van der Waals surface area contributed by atoms with Crippen molar-refractivity contribution < 1.29 is 64.6 Å². The number of unbranched alkanes of at least 4 members (excludes halogenated alkanes) is 10. The molecule has 2 aliphatic rings. The van der Waals surface area contributed by atoms with E-state index in [2.05, 4.69) is 79.9 Å². The van der Waals surface area contributed by atoms with E-state index in [1.54, 1.807) is 6.08 Å². The standard InChI is InChI=1S/C48H81NO13/c1-3-5-7-9-11-13-15-17-18-20-21-23-25-27-29-31-37(52)36(49-40(53)32-30-28-26-24-22-19-16-14-12-10-8-6-4-2)35-59-47-45(58)43(56)46(39(34-51)61-47)62-48-44(57)42(55)41(54)38(33-50)60-48/h6,8,12,14-15,17,19,21-23,29,31,36-39,41-48,50-52,54-58H,3-5,7,9-11,13,16,18,20,24-28,30,32-35H2,1-2H3,(H,49,53)/b8-6-,14-12-,17-15+,22-19-,23-21+,31-29+. The number of aliphatic hydroxyl groups is 8. The number of rotatable bonds is 33. The van der Waals surface area contributed by atoms with Crippen molar-refractivity contribution in [2.75, 3.05) is 19.8 Å². The minimum Gasteiger partial charge on any atom is -0.394 e. The van der Waals surface area contributed by atoms with Gasteiger partial charge in [0.1, 0.15) is 48.8 Å². The average Bonchev–Trinajstić information content (AvgIpc) is 3.27. The molecule has 2 heterocycles. The van der Waals surface area contributed by atoms with E-state index >= 15 is 0 Å². The fourth-order valence-electron chi connectivity index (χ4n) is 7.04. The van der Waals surface area contributed by atoms with E-state index in [0.717, 1.165) is 64.2 Å². The zero-order valence-electron chi connectivity index (χ0n) is 37.3. The molecule has 0 aromatic rings. The van der Waals surface area contributed by atoms with E-state index in [1.807, 2.05) is 6.08 Å². The summed E-state index contributed by atoms with van der Waals surface area (Å²) in [4.78, 5) is 13.1. The molecule has 9 N–H and O–H groups in total. The first-order valence-electron chi connectivity index (χ1n) is 23.2. The van der Waals surface area contributed by atoms with E-state index in [4.69, 9.17) is 18.9 Å². The summed E-state index contributed by atoms with van der Waals surface area (Å²) < 4.78 is 22.6. The molecule has 62 heavy (non-hydrogen) atoms. The average molecular weight is 880 g/mol. The van der Waals surface area contributed by atoms with Crippen molar-refractivity contribution in [1.82, 2.24) is 5.32 Å². The van der Waals surface area contributed by atoms with E-state index in [-0.39, 0.29) is 18.9 Å². The van der Waals surface area contributed by atoms with Crippen LogP contribution in [0.4, 0.5) is 0 Å². The molecule has 0 aromatic heterocycles. The summed E-state index contributed by atoms with van der Waals surface area (Å²) in [6.07, 6.45) is 25.2. The zero-order chi connectivity index (χ0) is 45.4. The molecule has 2 saturated heterocycles. The van der Waals surface area contributed by atoms with Gasteiger partial charge in [-0.2, -0.15) is 0 Å². The van der Waals surface area contributed by atoms with Gasteiger partial charge in [-0.3, -0.25) is 4.79 Å². The highest BCUT2D eigenvalue weighted by molar-refractivity contribution is 5.76. The largest absolute Gasteiger partial charge is 0.394 e. The number of carbonyl (C=O) groups is 1. The van der Waals surface area contributed by atoms with Crippen LogP contribution in [0.25, 0.3) is 0 Å². The molecule has 1 amide bonds. The first kappa shape index (κ1) is 55.6. The predicted octanol–water partition coefficient (Wildman–Crippen LogP) is 4.87. The van der Waals surface area contributed by atoms with Gasteiger partial charge in [-0.1, -0.05) is 119 Å². The summed E-state index contributed by atoms with van der Waals surface area (Å²) >= 11 is 0. The van der Waals surface area contributed by atoms with Crippen LogP contribution in [0.5, 0.6) is 0 Å². The highest BCUT2D eigenvalue weighted by atomic mass is 16.7. The maximum Gasteiger partial charge on any atom is 0.220 e. The second kappa shape index (κ2) is 34.8. The maximum atomic E-state index is 13.1. The number of ether oxygens (including phenoxy) is 4. The molecule has 0 bridgehead atoms. The van der Waals surface area contributed by atoms with Gasteiger partial charge in [0.25, 0.3) is 0 Å². The summed E-state index contributed by atoms with van der Waals surface area (Å²) in [6.45, 7) is 2.56. The second-order valence-corrected chi connectivity index (χ2v) is 16.1. The van der Waals surface area contributed by atoms with Crippen LogP contribution in [0.1, 0.15) is 129 Å². The topological polar surface area (TPSA) is 228 Å². The predicted molar refractivity (Wildman–Crippen MR) is 240 cm³/mol. The van der Waals surface area contributed by atoms with Gasteiger partial charge in [-0.15, -0.1) is 0 Å². The lowest BCUT2D eigenvalue weighted by Crippen LogP contribution is -2.65. The molecule has 2 aliphatic heterocycles. The third-order valence-electron chi connectivity index (χ3n) is 10.9. The molecular formula is C48H81NO13. The van der Waals surface area contributed by atoms with Crippen LogP contribution in [0.3, 0.4) is 0 Å². The lowest BCUT2D eigenvalue weighted by molar-refractivity contribution is -0.359. The van der Waals surface area contributed by atoms with Gasteiger partial charge in [-0.25, -0.2) is 0 Å². The fraction of sp³-hybridized carbons (Fsp3) is 0.729. The van der Waals surface area contributed by atoms with Crippen molar-refractivity contribution in [3.63, 3.8) is 0 Å². The first-order chi connectivity index (χ1) is 30.1. The molecule has 0 aromatic carbocycles. The lowest BCUT2D eigenvalue weighted by atomic mass is 9.97. The number of carbonyl (C=O) groups excluding carboxylic acids is 1. The van der Waals surface area contributed by atoms with Gasteiger partial charge in [0.2, 0.25) is 5.91 Å². The van der Waals surface area contributed by atoms with Crippen LogP contribution >= 0.6 is 0 Å². The van der Waals surface area contributed by atoms with Crippen LogP contribution in [-0.2, 0) is 23.7 Å². The summed E-state index contributed by atoms with van der Waals surface area (Å²) in [5, 5.41) is 86.4. The molecule has 0 saturated carbocycles. The number of nitrogens with one attached hydrogen (secondary N) is 1. The van der Waals surface area contributed by atoms with Gasteiger partial charge in [0.05, 0.1) is 32.0 Å². The van der Waals surface area contributed by atoms with Crippen molar-refractivity contribution in [1.29, 1.82) is 0 Å². The number of allylic oxidation sites excluding steroid dienone is 11. The Balaban J connectivity index is 1.94. The van der Waals surface area contributed by atoms with E-state index in [1.165, 1.54) is 32.1 Å². The van der Waals surface area contributed by atoms with Crippen LogP contribution in [-0.4, -0.2) is 140 Å². The monoisotopic (exact) mass is 880 g/mol. The lowest BCUT2D eigenvalue weighted by Gasteiger charge is -2.46. The maximum absolute atomic E-state index is 13.1. The summed E-state index contributed by atoms with van der Waals surface area (Å²) in [7, 11) is 0. The molecule has 356 valence electrons. The van der Waals surface area contributed by atoms with Crippen LogP contribution < -0.4 is 5.32 Å². The Kier molecular flexibility index (Phi) is 31.2. The smallest absolute Gasteiger partial charge is 0.220 e. The Hall–Kier alpha value is -2.57. The number of hydrogen-bond donors (Lipinski definition) is 9. The van der Waals surface area contributed by atoms with Crippen LogP contribution in [0.15, 0.2) is 72.9 Å². The Bertz CT molecular complexity index is 1320. The summed E-state index contributed by atoms with van der Waals surface area (Å²) in [5.41, 5.74) is 0. The fourth-order valence-corrected chi connectivity index (χ4v) is 7.04. The van der Waals surface area contributed by atoms with Crippen LogP contribution in [0, 0.1) is 0 Å². The highest BCUT2D eigenvalue weighted by Crippen LogP contribution is 2.30. The summed E-state index contributed by atoms with van der Waals surface area (Å²) in [5.74, 6) is -0.288. The Morgan fingerprint density at radius 3 is 1.76 bits per heavy atom. The molecule has 2 rings (SSSR count). The van der Waals surface area contributed by atoms with Gasteiger partial charge >= 0.3 is 0 Å². The van der Waals surface area contributed by atoms with Gasteiger partial charge < -0.3 is 65.1 Å². The van der Waals surface area contributed by atoms with Gasteiger partial charge in [-0.05, 0) is 77.0 Å². The normalized spacial score (nSPS) is 28.4. The summed E-state index contributed by atoms with van der Waals surface area (Å²) in [6, 6.07) is -0.954. The molecule has 12 atom stereocenters. The molecule has 0 spiro atoms. The van der Waals surface area contributed by atoms with Crippen molar-refractivity contribution in [2.24, 2.45) is 0 Å². The third-order valence-corrected chi connectivity index (χ3v) is 10.9. The van der Waals surface area contributed by atoms with Crippen LogP contribution in [0.2, 0.25) is 0 Å². The molecule has 0 aliphatic carbocycles. The minimum absolute atomic E-state index is 0.231. The Morgan fingerprint density at radius 1 is 0.597 bits per heavy atom. The molecule has 2 fully saturated rings. The zero-order valence-corrected chi connectivity index (χ0v) is 37.3. The molecule has 14 nitrogen and oxygen atoms in total. The third kappa shape index (κ3) is 22.4. The Labute approximate surface area is 370 Å². The number of hydrogen-bond acceptors (Lipinski definition) is 13.